The van der Waals surface area contributed by atoms with Crippen molar-refractivity contribution in [2.75, 3.05) is 13.1 Å². The largest absolute Gasteiger partial charge is 0.354 e. The van der Waals surface area contributed by atoms with Gasteiger partial charge in [-0.25, -0.2) is 9.79 Å². The third-order valence-corrected chi connectivity index (χ3v) is 3.99. The van der Waals surface area contributed by atoms with E-state index < -0.39 is 11.9 Å². The van der Waals surface area contributed by atoms with E-state index in [0.717, 1.165) is 10.5 Å². The van der Waals surface area contributed by atoms with Crippen LogP contribution in [0.5, 0.6) is 0 Å². The molecular weight excluding hydrogens is 320 g/mol. The Bertz CT molecular complexity index is 768. The number of aryl methyl sites for hydroxylation is 1. The predicted molar refractivity (Wildman–Crippen MR) is 93.4 cm³/mol. The number of imide groups is 1. The minimum absolute atomic E-state index is 0.0968. The van der Waals surface area contributed by atoms with Gasteiger partial charge in [0, 0.05) is 25.7 Å². The van der Waals surface area contributed by atoms with Gasteiger partial charge in [-0.1, -0.05) is 36.4 Å². The zero-order chi connectivity index (χ0) is 17.6. The molecule has 7 nitrogen and oxygen atoms in total. The van der Waals surface area contributed by atoms with E-state index in [2.05, 4.69) is 15.3 Å². The Balaban J connectivity index is 1.47. The molecule has 0 spiro atoms. The van der Waals surface area contributed by atoms with Crippen molar-refractivity contribution < 1.29 is 14.4 Å². The minimum Gasteiger partial charge on any atom is -0.354 e. The number of hydrogen-bond acceptors (Lipinski definition) is 4. The van der Waals surface area contributed by atoms with Gasteiger partial charge in [-0.05, 0) is 18.1 Å². The highest BCUT2D eigenvalue weighted by Crippen LogP contribution is 2.18. The van der Waals surface area contributed by atoms with E-state index in [-0.39, 0.29) is 30.7 Å². The van der Waals surface area contributed by atoms with Crippen molar-refractivity contribution in [2.24, 2.45) is 15.9 Å². The lowest BCUT2D eigenvalue weighted by Gasteiger charge is -2.27. The van der Waals surface area contributed by atoms with Gasteiger partial charge in [-0.15, -0.1) is 0 Å². The molecule has 3 rings (SSSR count). The van der Waals surface area contributed by atoms with Gasteiger partial charge in [0.25, 0.3) is 0 Å². The van der Waals surface area contributed by atoms with Gasteiger partial charge in [0.1, 0.15) is 11.8 Å². The maximum atomic E-state index is 12.3. The Labute approximate surface area is 145 Å². The smallest absolute Gasteiger partial charge is 0.352 e. The van der Waals surface area contributed by atoms with Gasteiger partial charge in [0.05, 0.1) is 0 Å². The van der Waals surface area contributed by atoms with Crippen LogP contribution in [-0.4, -0.2) is 47.9 Å². The van der Waals surface area contributed by atoms with Crippen LogP contribution >= 0.6 is 0 Å². The predicted octanol–water partition coefficient (Wildman–Crippen LogP) is 1.35. The molecule has 2 heterocycles. The van der Waals surface area contributed by atoms with E-state index >= 15 is 0 Å². The number of fused-ring (bicyclic) bond motifs is 1. The highest BCUT2D eigenvalue weighted by molar-refractivity contribution is 6.19. The Hall–Kier alpha value is -3.09. The van der Waals surface area contributed by atoms with E-state index in [1.807, 2.05) is 30.3 Å². The number of dihydropyridines is 1. The molecule has 1 unspecified atom stereocenters. The molecule has 0 fully saturated rings. The fraction of sp³-hybridized carbons (Fsp3) is 0.278. The van der Waals surface area contributed by atoms with Crippen LogP contribution in [0.25, 0.3) is 0 Å². The summed E-state index contributed by atoms with van der Waals surface area (Å²) < 4.78 is 0. The molecular formula is C18H18N4O3. The quantitative estimate of drug-likeness (QED) is 0.849. The number of nitrogens with zero attached hydrogens (tertiary/aromatic N) is 3. The van der Waals surface area contributed by atoms with Crippen LogP contribution in [0.3, 0.4) is 0 Å². The summed E-state index contributed by atoms with van der Waals surface area (Å²) >= 11 is 0. The average Bonchev–Trinajstić information content (AvgIpc) is 2.63. The van der Waals surface area contributed by atoms with Gasteiger partial charge in [-0.3, -0.25) is 14.5 Å². The average molecular weight is 338 g/mol. The monoisotopic (exact) mass is 338 g/mol. The summed E-state index contributed by atoms with van der Waals surface area (Å²) in [5.74, 6) is -0.870. The van der Waals surface area contributed by atoms with Crippen LogP contribution in [0.2, 0.25) is 0 Å². The molecule has 128 valence electrons. The standard InChI is InChI=1S/C18H18N4O3/c23-15(9-8-13-5-2-1-3-6-13)19-11-12-22-17(24)14-7-4-10-20-16(14)21-18(22)25/h1-7,10,14H,8-9,11-12H2,(H,19,23). The number of nitrogens with one attached hydrogen (secondary N) is 1. The third kappa shape index (κ3) is 4.06. The SMILES string of the molecule is O=C(CCc1ccccc1)NCCN1C(=O)N=C2N=CC=CC2C1=O. The number of carbonyl (C=O) groups is 3. The van der Waals surface area contributed by atoms with E-state index in [0.29, 0.717) is 12.8 Å². The molecule has 0 aliphatic carbocycles. The molecule has 1 atom stereocenters. The van der Waals surface area contributed by atoms with Crippen LogP contribution in [-0.2, 0) is 16.0 Å². The first-order valence-electron chi connectivity index (χ1n) is 8.10. The van der Waals surface area contributed by atoms with Crippen molar-refractivity contribution in [2.45, 2.75) is 12.8 Å². The van der Waals surface area contributed by atoms with E-state index in [9.17, 15) is 14.4 Å². The fourth-order valence-electron chi connectivity index (χ4n) is 2.66. The highest BCUT2D eigenvalue weighted by Gasteiger charge is 2.36. The molecule has 1 N–H and O–H groups in total. The Morgan fingerprint density at radius 1 is 1.20 bits per heavy atom. The lowest BCUT2D eigenvalue weighted by molar-refractivity contribution is -0.130. The van der Waals surface area contributed by atoms with E-state index in [1.54, 1.807) is 12.2 Å². The van der Waals surface area contributed by atoms with Gasteiger partial charge >= 0.3 is 6.03 Å². The van der Waals surface area contributed by atoms with Crippen molar-refractivity contribution in [3.63, 3.8) is 0 Å². The van der Waals surface area contributed by atoms with Crippen LogP contribution < -0.4 is 5.32 Å². The fourth-order valence-corrected chi connectivity index (χ4v) is 2.66. The van der Waals surface area contributed by atoms with E-state index in [4.69, 9.17) is 0 Å². The summed E-state index contributed by atoms with van der Waals surface area (Å²) in [6, 6.07) is 9.08. The molecule has 0 saturated heterocycles. The number of hydrogen-bond donors (Lipinski definition) is 1. The third-order valence-electron chi connectivity index (χ3n) is 3.99. The van der Waals surface area contributed by atoms with Crippen LogP contribution in [0.15, 0.2) is 52.5 Å². The lowest BCUT2D eigenvalue weighted by Crippen LogP contribution is -2.48. The molecule has 25 heavy (non-hydrogen) atoms. The number of amides is 4. The molecule has 4 amide bonds. The second-order valence-corrected chi connectivity index (χ2v) is 5.72. The first-order chi connectivity index (χ1) is 12.1. The molecule has 1 aromatic rings. The number of allylic oxidation sites excluding steroid dienone is 1. The number of benzene rings is 1. The molecule has 2 aliphatic rings. The number of urea groups is 1. The first-order valence-corrected chi connectivity index (χ1v) is 8.10. The second kappa shape index (κ2) is 7.65. The van der Waals surface area contributed by atoms with Crippen molar-refractivity contribution in [1.29, 1.82) is 0 Å². The normalized spacial score (nSPS) is 18.8. The summed E-state index contributed by atoms with van der Waals surface area (Å²) in [6.07, 6.45) is 5.81. The minimum atomic E-state index is -0.637. The zero-order valence-corrected chi connectivity index (χ0v) is 13.6. The number of amidine groups is 1. The summed E-state index contributed by atoms with van der Waals surface area (Å²) in [6.45, 7) is 0.301. The Morgan fingerprint density at radius 2 is 2.00 bits per heavy atom. The van der Waals surface area contributed by atoms with Crippen molar-refractivity contribution in [3.05, 3.63) is 48.0 Å². The van der Waals surface area contributed by atoms with Crippen LogP contribution in [0.4, 0.5) is 4.79 Å². The van der Waals surface area contributed by atoms with Gasteiger partial charge in [0.2, 0.25) is 11.8 Å². The summed E-state index contributed by atoms with van der Waals surface area (Å²) in [4.78, 5) is 45.0. The topological polar surface area (TPSA) is 91.2 Å². The van der Waals surface area contributed by atoms with Crippen molar-refractivity contribution in [3.8, 4) is 0 Å². The van der Waals surface area contributed by atoms with Crippen LogP contribution in [0.1, 0.15) is 12.0 Å². The maximum absolute atomic E-state index is 12.3. The molecule has 0 saturated carbocycles. The summed E-state index contributed by atoms with van der Waals surface area (Å²) in [5.41, 5.74) is 1.09. The van der Waals surface area contributed by atoms with Gasteiger partial charge in [-0.2, -0.15) is 4.99 Å². The maximum Gasteiger partial charge on any atom is 0.352 e. The second-order valence-electron chi connectivity index (χ2n) is 5.72. The molecule has 0 bridgehead atoms. The molecule has 7 heteroatoms. The first kappa shape index (κ1) is 16.8. The van der Waals surface area contributed by atoms with Crippen molar-refractivity contribution in [1.82, 2.24) is 10.2 Å². The summed E-state index contributed by atoms with van der Waals surface area (Å²) in [7, 11) is 0. The molecule has 0 radical (unpaired) electrons. The van der Waals surface area contributed by atoms with E-state index in [1.165, 1.54) is 6.21 Å². The van der Waals surface area contributed by atoms with Gasteiger partial charge in [0.15, 0.2) is 0 Å². The summed E-state index contributed by atoms with van der Waals surface area (Å²) in [5, 5.41) is 2.73. The number of rotatable bonds is 6. The Kier molecular flexibility index (Phi) is 5.13. The molecule has 2 aliphatic heterocycles. The number of aliphatic imine (C=N–C) groups is 2. The Morgan fingerprint density at radius 3 is 2.80 bits per heavy atom. The molecule has 1 aromatic carbocycles. The number of carbonyl (C=O) groups excluding carboxylic acids is 3. The van der Waals surface area contributed by atoms with Crippen molar-refractivity contribution >= 4 is 29.9 Å². The molecule has 0 aromatic heterocycles. The highest BCUT2D eigenvalue weighted by atomic mass is 16.2. The zero-order valence-electron chi connectivity index (χ0n) is 13.6. The van der Waals surface area contributed by atoms with Crippen LogP contribution in [0, 0.1) is 5.92 Å². The lowest BCUT2D eigenvalue weighted by atomic mass is 10.0. The van der Waals surface area contributed by atoms with Gasteiger partial charge < -0.3 is 5.32 Å².